The van der Waals surface area contributed by atoms with Crippen LogP contribution in [0.15, 0.2) is 18.7 Å². The monoisotopic (exact) mass is 207 g/mol. The van der Waals surface area contributed by atoms with E-state index in [1.807, 2.05) is 17.7 Å². The molecule has 1 unspecified atom stereocenters. The first-order chi connectivity index (χ1) is 7.04. The summed E-state index contributed by atoms with van der Waals surface area (Å²) in [6, 6.07) is 2.13. The standard InChI is InChI=1S/C12H21N3/c1-5-12(4,9-13)8-11-7-10(3)14-15(11)6-2/h5,7H,1,6,8-9,13H2,2-4H3. The lowest BCUT2D eigenvalue weighted by atomic mass is 9.85. The van der Waals surface area contributed by atoms with Crippen molar-refractivity contribution < 1.29 is 0 Å². The van der Waals surface area contributed by atoms with E-state index in [9.17, 15) is 0 Å². The quantitative estimate of drug-likeness (QED) is 0.749. The lowest BCUT2D eigenvalue weighted by molar-refractivity contribution is 0.419. The zero-order valence-electron chi connectivity index (χ0n) is 9.95. The minimum atomic E-state index is -0.0284. The zero-order chi connectivity index (χ0) is 11.5. The van der Waals surface area contributed by atoms with Crippen LogP contribution in [0, 0.1) is 12.3 Å². The highest BCUT2D eigenvalue weighted by Gasteiger charge is 2.21. The molecular formula is C12H21N3. The number of aryl methyl sites for hydroxylation is 2. The van der Waals surface area contributed by atoms with Crippen LogP contribution in [-0.2, 0) is 13.0 Å². The Labute approximate surface area is 92.0 Å². The number of rotatable bonds is 5. The highest BCUT2D eigenvalue weighted by molar-refractivity contribution is 5.13. The molecule has 0 radical (unpaired) electrons. The van der Waals surface area contributed by atoms with Crippen LogP contribution in [0.5, 0.6) is 0 Å². The van der Waals surface area contributed by atoms with E-state index in [1.54, 1.807) is 0 Å². The molecule has 0 saturated heterocycles. The Morgan fingerprint density at radius 2 is 2.33 bits per heavy atom. The van der Waals surface area contributed by atoms with E-state index in [0.717, 1.165) is 18.7 Å². The van der Waals surface area contributed by atoms with E-state index >= 15 is 0 Å². The Morgan fingerprint density at radius 3 is 2.80 bits per heavy atom. The minimum Gasteiger partial charge on any atom is -0.330 e. The average molecular weight is 207 g/mol. The smallest absolute Gasteiger partial charge is 0.0596 e. The van der Waals surface area contributed by atoms with Gasteiger partial charge in [-0.05, 0) is 26.3 Å². The highest BCUT2D eigenvalue weighted by atomic mass is 15.3. The van der Waals surface area contributed by atoms with Crippen molar-refractivity contribution in [2.45, 2.75) is 33.7 Å². The van der Waals surface area contributed by atoms with Crippen LogP contribution < -0.4 is 5.73 Å². The lowest BCUT2D eigenvalue weighted by Gasteiger charge is -2.23. The van der Waals surface area contributed by atoms with Gasteiger partial charge in [-0.25, -0.2) is 0 Å². The fourth-order valence-corrected chi connectivity index (χ4v) is 1.66. The molecule has 0 aliphatic rings. The molecule has 0 fully saturated rings. The summed E-state index contributed by atoms with van der Waals surface area (Å²) in [7, 11) is 0. The van der Waals surface area contributed by atoms with Crippen LogP contribution in [0.4, 0.5) is 0 Å². The van der Waals surface area contributed by atoms with Gasteiger partial charge < -0.3 is 5.73 Å². The number of nitrogens with two attached hydrogens (primary N) is 1. The maximum absolute atomic E-state index is 5.76. The maximum Gasteiger partial charge on any atom is 0.0596 e. The number of hydrogen-bond donors (Lipinski definition) is 1. The highest BCUT2D eigenvalue weighted by Crippen LogP contribution is 2.22. The number of hydrogen-bond acceptors (Lipinski definition) is 2. The molecule has 0 amide bonds. The van der Waals surface area contributed by atoms with Gasteiger partial charge in [0.15, 0.2) is 0 Å². The van der Waals surface area contributed by atoms with Crippen LogP contribution in [0.1, 0.15) is 25.2 Å². The van der Waals surface area contributed by atoms with Gasteiger partial charge in [0.1, 0.15) is 0 Å². The van der Waals surface area contributed by atoms with Crippen molar-refractivity contribution in [1.29, 1.82) is 0 Å². The Kier molecular flexibility index (Phi) is 3.69. The number of aromatic nitrogens is 2. The summed E-state index contributed by atoms with van der Waals surface area (Å²) < 4.78 is 2.03. The molecule has 3 nitrogen and oxygen atoms in total. The molecule has 0 spiro atoms. The van der Waals surface area contributed by atoms with Crippen LogP contribution in [0.3, 0.4) is 0 Å². The molecule has 0 aliphatic carbocycles. The van der Waals surface area contributed by atoms with E-state index < -0.39 is 0 Å². The third-order valence-electron chi connectivity index (χ3n) is 2.83. The van der Waals surface area contributed by atoms with Crippen molar-refractivity contribution in [3.8, 4) is 0 Å². The largest absolute Gasteiger partial charge is 0.330 e. The Morgan fingerprint density at radius 1 is 1.67 bits per heavy atom. The summed E-state index contributed by atoms with van der Waals surface area (Å²) in [5.41, 5.74) is 8.04. The second kappa shape index (κ2) is 4.62. The van der Waals surface area contributed by atoms with Crippen LogP contribution >= 0.6 is 0 Å². The fourth-order valence-electron chi connectivity index (χ4n) is 1.66. The number of nitrogens with zero attached hydrogens (tertiary/aromatic N) is 2. The SMILES string of the molecule is C=CC(C)(CN)Cc1cc(C)nn1CC. The molecular weight excluding hydrogens is 186 g/mol. The predicted molar refractivity (Wildman–Crippen MR) is 63.7 cm³/mol. The Bertz CT molecular complexity index is 341. The van der Waals surface area contributed by atoms with Gasteiger partial charge in [-0.1, -0.05) is 13.0 Å². The second-order valence-electron chi connectivity index (χ2n) is 4.33. The molecule has 1 rings (SSSR count). The van der Waals surface area contributed by atoms with Gasteiger partial charge in [-0.2, -0.15) is 5.10 Å². The Balaban J connectivity index is 2.92. The van der Waals surface area contributed by atoms with Gasteiger partial charge in [-0.3, -0.25) is 4.68 Å². The summed E-state index contributed by atoms with van der Waals surface area (Å²) >= 11 is 0. The molecule has 0 saturated carbocycles. The van der Waals surface area contributed by atoms with Gasteiger partial charge in [-0.15, -0.1) is 6.58 Å². The van der Waals surface area contributed by atoms with E-state index in [1.165, 1.54) is 5.69 Å². The normalized spacial score (nSPS) is 14.9. The van der Waals surface area contributed by atoms with Crippen LogP contribution in [-0.4, -0.2) is 16.3 Å². The first-order valence-electron chi connectivity index (χ1n) is 5.41. The second-order valence-corrected chi connectivity index (χ2v) is 4.33. The van der Waals surface area contributed by atoms with E-state index in [2.05, 4.69) is 31.6 Å². The van der Waals surface area contributed by atoms with Gasteiger partial charge in [0.05, 0.1) is 5.69 Å². The van der Waals surface area contributed by atoms with Crippen molar-refractivity contribution in [2.24, 2.45) is 11.1 Å². The van der Waals surface area contributed by atoms with Crippen molar-refractivity contribution in [3.05, 3.63) is 30.1 Å². The predicted octanol–water partition coefficient (Wildman–Crippen LogP) is 1.90. The molecule has 15 heavy (non-hydrogen) atoms. The third kappa shape index (κ3) is 2.69. The topological polar surface area (TPSA) is 43.8 Å². The summed E-state index contributed by atoms with van der Waals surface area (Å²) in [5.74, 6) is 0. The van der Waals surface area contributed by atoms with Crippen molar-refractivity contribution in [1.82, 2.24) is 9.78 Å². The summed E-state index contributed by atoms with van der Waals surface area (Å²) in [4.78, 5) is 0. The minimum absolute atomic E-state index is 0.0284. The summed E-state index contributed by atoms with van der Waals surface area (Å²) in [5, 5.41) is 4.42. The lowest BCUT2D eigenvalue weighted by Crippen LogP contribution is -2.28. The zero-order valence-corrected chi connectivity index (χ0v) is 9.95. The molecule has 0 aromatic carbocycles. The first-order valence-corrected chi connectivity index (χ1v) is 5.41. The van der Waals surface area contributed by atoms with Gasteiger partial charge >= 0.3 is 0 Å². The molecule has 0 aliphatic heterocycles. The fraction of sp³-hybridized carbons (Fsp3) is 0.583. The van der Waals surface area contributed by atoms with Gasteiger partial charge in [0, 0.05) is 24.2 Å². The average Bonchev–Trinajstić information content (AvgIpc) is 2.58. The molecule has 0 bridgehead atoms. The van der Waals surface area contributed by atoms with E-state index in [-0.39, 0.29) is 5.41 Å². The van der Waals surface area contributed by atoms with Crippen molar-refractivity contribution in [2.75, 3.05) is 6.54 Å². The van der Waals surface area contributed by atoms with Crippen molar-refractivity contribution >= 4 is 0 Å². The third-order valence-corrected chi connectivity index (χ3v) is 2.83. The summed E-state index contributed by atoms with van der Waals surface area (Å²) in [6.45, 7) is 11.6. The van der Waals surface area contributed by atoms with Gasteiger partial charge in [0.2, 0.25) is 0 Å². The van der Waals surface area contributed by atoms with E-state index in [0.29, 0.717) is 6.54 Å². The molecule has 1 aromatic heterocycles. The molecule has 1 heterocycles. The molecule has 84 valence electrons. The molecule has 1 atom stereocenters. The molecule has 2 N–H and O–H groups in total. The molecule has 1 aromatic rings. The molecule has 3 heteroatoms. The van der Waals surface area contributed by atoms with Crippen LogP contribution in [0.2, 0.25) is 0 Å². The summed E-state index contributed by atoms with van der Waals surface area (Å²) in [6.07, 6.45) is 2.84. The Hall–Kier alpha value is -1.09. The van der Waals surface area contributed by atoms with Crippen molar-refractivity contribution in [3.63, 3.8) is 0 Å². The van der Waals surface area contributed by atoms with Crippen LogP contribution in [0.25, 0.3) is 0 Å². The van der Waals surface area contributed by atoms with E-state index in [4.69, 9.17) is 5.73 Å². The maximum atomic E-state index is 5.76. The first kappa shape index (κ1) is 12.0. The van der Waals surface area contributed by atoms with Gasteiger partial charge in [0.25, 0.3) is 0 Å².